The quantitative estimate of drug-likeness (QED) is 0.113. The van der Waals surface area contributed by atoms with Crippen LogP contribution in [0.25, 0.3) is 294 Å². The van der Waals surface area contributed by atoms with Crippen molar-refractivity contribution in [1.82, 2.24) is 29.9 Å². The van der Waals surface area contributed by atoms with E-state index in [2.05, 4.69) is 425 Å². The maximum Gasteiger partial charge on any atom is 0.160 e. The molecule has 6 aromatic heterocycles. The van der Waals surface area contributed by atoms with Gasteiger partial charge in [0, 0.05) is 101 Å². The molecule has 147 heavy (non-hydrogen) atoms. The second kappa shape index (κ2) is 36.3. The standard InChI is InChI=1S/C46H28N2O.2C46H28N2S/c2*1-3-12-29(13-4-1)41-28-42(48-46(47-41)30-14-5-2-6-15-30)32-22-24-38-39(27-32)35-17-8-7-16-34(35)37-20-11-19-33(45(37)38)31-23-25-44-40(26-31)36-18-9-10-21-43(36)49-44;1-3-12-29(13-4-1)41-28-42(48-46(47-41)30-14-5-2-6-15-30)32-23-25-39-40(26-32)35-17-8-7-16-34(35)38-20-11-19-33(45(38)39)31-22-24-37-36-18-9-10-21-43(36)49-44(37)27-31/h3*1-28H. The van der Waals surface area contributed by atoms with E-state index >= 15 is 0 Å². The summed E-state index contributed by atoms with van der Waals surface area (Å²) in [6.07, 6.45) is 0. The van der Waals surface area contributed by atoms with Crippen molar-refractivity contribution in [1.29, 1.82) is 0 Å². The molecule has 0 fully saturated rings. The van der Waals surface area contributed by atoms with Crippen molar-refractivity contribution in [2.75, 3.05) is 0 Å². The molecule has 30 rings (SSSR count). The fourth-order valence-corrected chi connectivity index (χ4v) is 24.3. The van der Waals surface area contributed by atoms with Gasteiger partial charge in [-0.1, -0.05) is 425 Å². The molecule has 0 saturated heterocycles. The fraction of sp³-hybridized carbons (Fsp3) is 0. The van der Waals surface area contributed by atoms with Gasteiger partial charge in [0.15, 0.2) is 17.5 Å². The van der Waals surface area contributed by atoms with E-state index < -0.39 is 0 Å². The molecule has 9 heteroatoms. The Balaban J connectivity index is 0.000000107. The number of hydrogen-bond donors (Lipinski definition) is 0. The topological polar surface area (TPSA) is 90.5 Å². The minimum atomic E-state index is 0.713. The molecule has 0 aliphatic rings. The van der Waals surface area contributed by atoms with Crippen LogP contribution in [-0.2, 0) is 0 Å². The monoisotopic (exact) mass is 1900 g/mol. The molecule has 0 bridgehead atoms. The van der Waals surface area contributed by atoms with Gasteiger partial charge in [0.2, 0.25) is 0 Å². The van der Waals surface area contributed by atoms with Gasteiger partial charge in [0.1, 0.15) is 11.2 Å². The summed E-state index contributed by atoms with van der Waals surface area (Å²) in [6, 6.07) is 181. The summed E-state index contributed by atoms with van der Waals surface area (Å²) in [5.41, 5.74) is 24.0. The SMILES string of the molecule is c1ccc(-c2cc(-c3ccc4c(c3)c3ccccc3c3cccc(-c5ccc6c(c5)sc5ccccc56)c34)nc(-c3ccccc3)n2)cc1.c1ccc(-c2cc(-c3ccc4c(c3)c3ccccc3c3cccc(-c5ccc6oc7ccccc7c6c5)c34)nc(-c3ccccc3)n2)cc1.c1ccc(-c2cc(-c3ccc4c(c3)c3ccccc3c3cccc(-c5ccc6sc7ccccc7c6c5)c34)nc(-c3ccccc3)n2)cc1. The molecule has 684 valence electrons. The van der Waals surface area contributed by atoms with Gasteiger partial charge in [-0.2, -0.15) is 0 Å². The first-order chi connectivity index (χ1) is 72.8. The molecular weight excluding hydrogens is 1820 g/mol. The highest BCUT2D eigenvalue weighted by molar-refractivity contribution is 7.26. The first kappa shape index (κ1) is 86.0. The number of para-hydroxylation sites is 1. The highest BCUT2D eigenvalue weighted by Crippen LogP contribution is 2.50. The van der Waals surface area contributed by atoms with Crippen LogP contribution in [0, 0.1) is 0 Å². The van der Waals surface area contributed by atoms with Gasteiger partial charge >= 0.3 is 0 Å². The minimum absolute atomic E-state index is 0.713. The zero-order chi connectivity index (χ0) is 96.9. The van der Waals surface area contributed by atoms with E-state index in [4.69, 9.17) is 34.3 Å². The third kappa shape index (κ3) is 15.4. The second-order valence-corrected chi connectivity index (χ2v) is 39.8. The average Bonchev–Trinajstić information content (AvgIpc) is 0.821. The summed E-state index contributed by atoms with van der Waals surface area (Å²) in [5.74, 6) is 2.16. The molecule has 24 aromatic carbocycles. The van der Waals surface area contributed by atoms with E-state index in [0.717, 1.165) is 118 Å². The van der Waals surface area contributed by atoms with E-state index in [1.54, 1.807) is 0 Å². The van der Waals surface area contributed by atoms with Crippen LogP contribution in [0.2, 0.25) is 0 Å². The number of furan rings is 1. The zero-order valence-corrected chi connectivity index (χ0v) is 81.0. The first-order valence-corrected chi connectivity index (χ1v) is 51.4. The fourth-order valence-electron chi connectivity index (χ4n) is 22.1. The Hall–Kier alpha value is -18.9. The average molecular weight is 1910 g/mol. The van der Waals surface area contributed by atoms with Crippen molar-refractivity contribution in [3.05, 3.63) is 510 Å². The van der Waals surface area contributed by atoms with Crippen LogP contribution in [0.3, 0.4) is 0 Å². The maximum absolute atomic E-state index is 6.18. The number of aromatic nitrogens is 6. The molecule has 0 spiro atoms. The molecule has 0 saturated carbocycles. The Labute approximate surface area is 854 Å². The van der Waals surface area contributed by atoms with Crippen molar-refractivity contribution in [2.45, 2.75) is 0 Å². The van der Waals surface area contributed by atoms with Gasteiger partial charge in [-0.25, -0.2) is 29.9 Å². The van der Waals surface area contributed by atoms with Crippen LogP contribution < -0.4 is 0 Å². The van der Waals surface area contributed by atoms with E-state index in [9.17, 15) is 0 Å². The maximum atomic E-state index is 6.18. The second-order valence-electron chi connectivity index (χ2n) is 37.6. The number of nitrogens with zero attached hydrogens (tertiary/aromatic N) is 6. The highest BCUT2D eigenvalue weighted by atomic mass is 32.1. The van der Waals surface area contributed by atoms with Crippen LogP contribution >= 0.6 is 22.7 Å². The summed E-state index contributed by atoms with van der Waals surface area (Å²) in [5, 5.41) is 29.9. The summed E-state index contributed by atoms with van der Waals surface area (Å²) in [6.45, 7) is 0. The Morgan fingerprint density at radius 1 is 0.129 bits per heavy atom. The van der Waals surface area contributed by atoms with Crippen molar-refractivity contribution in [3.63, 3.8) is 0 Å². The third-order valence-corrected chi connectivity index (χ3v) is 31.3. The lowest BCUT2D eigenvalue weighted by Crippen LogP contribution is -1.96. The number of rotatable bonds is 12. The largest absolute Gasteiger partial charge is 0.456 e. The van der Waals surface area contributed by atoms with E-state index in [1.165, 1.54) is 171 Å². The van der Waals surface area contributed by atoms with E-state index in [1.807, 2.05) is 108 Å². The van der Waals surface area contributed by atoms with E-state index in [0.29, 0.717) is 5.82 Å². The summed E-state index contributed by atoms with van der Waals surface area (Å²) >= 11 is 3.73. The molecular formula is C138H84N6OS2. The Kier molecular flexibility index (Phi) is 21.2. The lowest BCUT2D eigenvalue weighted by Gasteiger charge is -2.16. The number of hydrogen-bond acceptors (Lipinski definition) is 9. The Morgan fingerprint density at radius 3 is 0.769 bits per heavy atom. The van der Waals surface area contributed by atoms with Gasteiger partial charge < -0.3 is 4.42 Å². The van der Waals surface area contributed by atoms with Gasteiger partial charge in [-0.3, -0.25) is 0 Å². The van der Waals surface area contributed by atoms with Crippen molar-refractivity contribution >= 4 is 182 Å². The summed E-state index contributed by atoms with van der Waals surface area (Å²) < 4.78 is 11.5. The molecule has 6 heterocycles. The molecule has 30 aromatic rings. The smallest absolute Gasteiger partial charge is 0.160 e. The predicted octanol–water partition coefficient (Wildman–Crippen LogP) is 38.4. The molecule has 0 N–H and O–H groups in total. The predicted molar refractivity (Wildman–Crippen MR) is 622 cm³/mol. The van der Waals surface area contributed by atoms with Crippen LogP contribution in [0.5, 0.6) is 0 Å². The van der Waals surface area contributed by atoms with Crippen molar-refractivity contribution < 1.29 is 4.42 Å². The molecule has 7 nitrogen and oxygen atoms in total. The van der Waals surface area contributed by atoms with Gasteiger partial charge in [0.25, 0.3) is 0 Å². The minimum Gasteiger partial charge on any atom is -0.456 e. The lowest BCUT2D eigenvalue weighted by atomic mass is 9.88. The molecule has 0 radical (unpaired) electrons. The van der Waals surface area contributed by atoms with Gasteiger partial charge in [-0.05, 0) is 215 Å². The summed E-state index contributed by atoms with van der Waals surface area (Å²) in [4.78, 5) is 30.5. The van der Waals surface area contributed by atoms with Crippen LogP contribution in [0.1, 0.15) is 0 Å². The van der Waals surface area contributed by atoms with Crippen LogP contribution in [0.4, 0.5) is 0 Å². The van der Waals surface area contributed by atoms with E-state index in [-0.39, 0.29) is 0 Å². The van der Waals surface area contributed by atoms with Crippen LogP contribution in [0.15, 0.2) is 514 Å². The Bertz CT molecular complexity index is 9940. The number of fused-ring (bicyclic) bond motifs is 27. The summed E-state index contributed by atoms with van der Waals surface area (Å²) in [7, 11) is 0. The number of thiophene rings is 2. The van der Waals surface area contributed by atoms with Crippen molar-refractivity contribution in [3.8, 4) is 135 Å². The molecule has 0 unspecified atom stereocenters. The molecule has 0 aliphatic carbocycles. The zero-order valence-electron chi connectivity index (χ0n) is 79.4. The third-order valence-electron chi connectivity index (χ3n) is 29.0. The van der Waals surface area contributed by atoms with Gasteiger partial charge in [-0.15, -0.1) is 22.7 Å². The van der Waals surface area contributed by atoms with Gasteiger partial charge in [0.05, 0.1) is 34.2 Å². The van der Waals surface area contributed by atoms with Crippen molar-refractivity contribution in [2.24, 2.45) is 0 Å². The Morgan fingerprint density at radius 2 is 0.374 bits per heavy atom. The first-order valence-electron chi connectivity index (χ1n) is 49.7. The molecule has 0 aliphatic heterocycles. The highest BCUT2D eigenvalue weighted by Gasteiger charge is 2.24. The normalized spacial score (nSPS) is 11.7. The number of benzene rings is 24. The van der Waals surface area contributed by atoms with Crippen LogP contribution in [-0.4, -0.2) is 29.9 Å². The molecule has 0 atom stereocenters. The molecule has 0 amide bonds. The lowest BCUT2D eigenvalue weighted by molar-refractivity contribution is 0.669.